The van der Waals surface area contributed by atoms with Crippen LogP contribution in [0.4, 0.5) is 0 Å². The third-order valence-electron chi connectivity index (χ3n) is 4.13. The molecule has 2 rings (SSSR count). The lowest BCUT2D eigenvalue weighted by molar-refractivity contribution is -0.119. The predicted molar refractivity (Wildman–Crippen MR) is 108 cm³/mol. The first-order valence-electron chi connectivity index (χ1n) is 9.89. The lowest BCUT2D eigenvalue weighted by atomic mass is 10.2. The summed E-state index contributed by atoms with van der Waals surface area (Å²) < 4.78 is 16.5. The van der Waals surface area contributed by atoms with Crippen LogP contribution in [0.5, 0.6) is 5.75 Å². The van der Waals surface area contributed by atoms with Gasteiger partial charge in [-0.25, -0.2) is 4.99 Å². The van der Waals surface area contributed by atoms with Crippen LogP contribution in [0.1, 0.15) is 31.7 Å². The fourth-order valence-corrected chi connectivity index (χ4v) is 2.77. The number of guanidine groups is 1. The first-order chi connectivity index (χ1) is 13.7. The highest BCUT2D eigenvalue weighted by molar-refractivity contribution is 5.79. The molecule has 1 aliphatic heterocycles. The van der Waals surface area contributed by atoms with E-state index in [1.807, 2.05) is 25.1 Å². The number of rotatable bonds is 12. The maximum atomic E-state index is 10.8. The van der Waals surface area contributed by atoms with Gasteiger partial charge in [-0.05, 0) is 43.9 Å². The van der Waals surface area contributed by atoms with Gasteiger partial charge in [-0.15, -0.1) is 0 Å². The van der Waals surface area contributed by atoms with Crippen LogP contribution < -0.4 is 21.1 Å². The molecular formula is C20H32N4O4. The second-order valence-corrected chi connectivity index (χ2v) is 6.59. The summed E-state index contributed by atoms with van der Waals surface area (Å²) in [4.78, 5) is 15.4. The zero-order chi connectivity index (χ0) is 20.0. The minimum absolute atomic E-state index is 0.133. The van der Waals surface area contributed by atoms with E-state index in [0.29, 0.717) is 25.5 Å². The lowest BCUT2D eigenvalue weighted by Crippen LogP contribution is -2.38. The molecule has 1 aromatic carbocycles. The lowest BCUT2D eigenvalue weighted by Gasteiger charge is -2.13. The van der Waals surface area contributed by atoms with Crippen molar-refractivity contribution in [1.82, 2.24) is 10.6 Å². The average molecular weight is 393 g/mol. The Morgan fingerprint density at radius 2 is 2.29 bits per heavy atom. The smallest absolute Gasteiger partial charge is 0.255 e. The molecule has 1 aliphatic rings. The maximum absolute atomic E-state index is 10.8. The van der Waals surface area contributed by atoms with Gasteiger partial charge < -0.3 is 30.6 Å². The number of primary amides is 1. The number of benzene rings is 1. The van der Waals surface area contributed by atoms with Gasteiger partial charge in [0.2, 0.25) is 0 Å². The van der Waals surface area contributed by atoms with Crippen LogP contribution in [0.2, 0.25) is 0 Å². The molecule has 4 N–H and O–H groups in total. The van der Waals surface area contributed by atoms with Gasteiger partial charge in [-0.3, -0.25) is 4.79 Å². The number of carbonyl (C=O) groups excluding carboxylic acids is 1. The Morgan fingerprint density at radius 3 is 3.04 bits per heavy atom. The fourth-order valence-electron chi connectivity index (χ4n) is 2.77. The fraction of sp³-hybridized carbons (Fsp3) is 0.600. The first kappa shape index (κ1) is 22.0. The number of nitrogens with two attached hydrogens (primary N) is 1. The molecule has 8 nitrogen and oxygen atoms in total. The Kier molecular flexibility index (Phi) is 10.2. The summed E-state index contributed by atoms with van der Waals surface area (Å²) in [5.74, 6) is 0.861. The number of aliphatic imine (C=N–C) groups is 1. The van der Waals surface area contributed by atoms with E-state index >= 15 is 0 Å². The maximum Gasteiger partial charge on any atom is 0.255 e. The van der Waals surface area contributed by atoms with Gasteiger partial charge in [-0.2, -0.15) is 0 Å². The Bertz CT molecular complexity index is 618. The van der Waals surface area contributed by atoms with Crippen molar-refractivity contribution in [3.63, 3.8) is 0 Å². The first-order valence-corrected chi connectivity index (χ1v) is 9.89. The molecule has 0 spiro atoms. The largest absolute Gasteiger partial charge is 0.484 e. The van der Waals surface area contributed by atoms with Gasteiger partial charge in [0.1, 0.15) is 5.75 Å². The summed E-state index contributed by atoms with van der Waals surface area (Å²) in [5, 5.41) is 6.54. The van der Waals surface area contributed by atoms with Crippen LogP contribution >= 0.6 is 0 Å². The zero-order valence-electron chi connectivity index (χ0n) is 16.6. The Labute approximate surface area is 166 Å². The molecule has 0 radical (unpaired) electrons. The van der Waals surface area contributed by atoms with E-state index in [-0.39, 0.29) is 12.7 Å². The standard InChI is InChI=1S/C20H32N4O4/c1-2-22-20(23-9-5-10-26-14-18-8-4-11-27-18)24-13-16-6-3-7-17(12-16)28-15-19(21)25/h3,6-7,12,18H,2,4-5,8-11,13-15H2,1H3,(H2,21,25)(H2,22,23,24). The number of ether oxygens (including phenoxy) is 3. The van der Waals surface area contributed by atoms with Crippen molar-refractivity contribution in [3.05, 3.63) is 29.8 Å². The van der Waals surface area contributed by atoms with Crippen molar-refractivity contribution in [2.45, 2.75) is 38.8 Å². The van der Waals surface area contributed by atoms with E-state index in [0.717, 1.165) is 50.5 Å². The van der Waals surface area contributed by atoms with E-state index in [4.69, 9.17) is 19.9 Å². The topological polar surface area (TPSA) is 107 Å². The highest BCUT2D eigenvalue weighted by Gasteiger charge is 2.14. The highest BCUT2D eigenvalue weighted by Crippen LogP contribution is 2.14. The summed E-state index contributed by atoms with van der Waals surface area (Å²) in [5.41, 5.74) is 6.09. The van der Waals surface area contributed by atoms with Gasteiger partial charge in [-0.1, -0.05) is 12.1 Å². The van der Waals surface area contributed by atoms with Crippen LogP contribution in [0, 0.1) is 0 Å². The number of hydrogen-bond acceptors (Lipinski definition) is 5. The van der Waals surface area contributed by atoms with E-state index in [2.05, 4.69) is 15.6 Å². The molecule has 0 aromatic heterocycles. The van der Waals surface area contributed by atoms with Gasteiger partial charge >= 0.3 is 0 Å². The normalized spacial score (nSPS) is 16.8. The summed E-state index contributed by atoms with van der Waals surface area (Å²) in [6.07, 6.45) is 3.41. The monoisotopic (exact) mass is 392 g/mol. The molecule has 1 aromatic rings. The quantitative estimate of drug-likeness (QED) is 0.280. The SMILES string of the molecule is CCNC(=NCc1cccc(OCC(N)=O)c1)NCCCOCC1CCCO1. The number of amides is 1. The molecule has 8 heteroatoms. The van der Waals surface area contributed by atoms with Crippen molar-refractivity contribution >= 4 is 11.9 Å². The molecule has 1 atom stereocenters. The van der Waals surface area contributed by atoms with Gasteiger partial charge in [0.25, 0.3) is 5.91 Å². The van der Waals surface area contributed by atoms with Crippen molar-refractivity contribution in [3.8, 4) is 5.75 Å². The van der Waals surface area contributed by atoms with Crippen LogP contribution in [-0.2, 0) is 20.8 Å². The molecule has 28 heavy (non-hydrogen) atoms. The third kappa shape index (κ3) is 9.05. The minimum Gasteiger partial charge on any atom is -0.484 e. The van der Waals surface area contributed by atoms with Crippen LogP contribution in [0.25, 0.3) is 0 Å². The molecule has 0 bridgehead atoms. The molecule has 1 unspecified atom stereocenters. The summed E-state index contributed by atoms with van der Waals surface area (Å²) in [7, 11) is 0. The van der Waals surface area contributed by atoms with Gasteiger partial charge in [0, 0.05) is 26.3 Å². The number of carbonyl (C=O) groups is 1. The zero-order valence-corrected chi connectivity index (χ0v) is 16.6. The molecule has 0 saturated carbocycles. The summed E-state index contributed by atoms with van der Waals surface area (Å²) in [6, 6.07) is 7.47. The Morgan fingerprint density at radius 1 is 1.39 bits per heavy atom. The average Bonchev–Trinajstić information content (AvgIpc) is 3.21. The van der Waals surface area contributed by atoms with Crippen molar-refractivity contribution in [2.24, 2.45) is 10.7 Å². The minimum atomic E-state index is -0.498. The van der Waals surface area contributed by atoms with Crippen LogP contribution in [0.3, 0.4) is 0 Å². The summed E-state index contributed by atoms with van der Waals surface area (Å²) >= 11 is 0. The predicted octanol–water partition coefficient (Wildman–Crippen LogP) is 1.19. The molecule has 1 heterocycles. The van der Waals surface area contributed by atoms with E-state index in [1.54, 1.807) is 6.07 Å². The number of nitrogens with one attached hydrogen (secondary N) is 2. The van der Waals surface area contributed by atoms with Crippen molar-refractivity contribution in [2.75, 3.05) is 39.5 Å². The highest BCUT2D eigenvalue weighted by atomic mass is 16.5. The van der Waals surface area contributed by atoms with E-state index in [9.17, 15) is 4.79 Å². The van der Waals surface area contributed by atoms with Crippen LogP contribution in [-0.4, -0.2) is 57.5 Å². The number of nitrogens with zero attached hydrogens (tertiary/aromatic N) is 1. The molecular weight excluding hydrogens is 360 g/mol. The second kappa shape index (κ2) is 13.0. The number of hydrogen-bond donors (Lipinski definition) is 3. The van der Waals surface area contributed by atoms with Gasteiger partial charge in [0.05, 0.1) is 19.3 Å². The van der Waals surface area contributed by atoms with E-state index in [1.165, 1.54) is 0 Å². The Balaban J connectivity index is 1.70. The molecule has 1 amide bonds. The van der Waals surface area contributed by atoms with Crippen molar-refractivity contribution < 1.29 is 19.0 Å². The van der Waals surface area contributed by atoms with Gasteiger partial charge in [0.15, 0.2) is 12.6 Å². The summed E-state index contributed by atoms with van der Waals surface area (Å²) in [6.45, 7) is 6.19. The van der Waals surface area contributed by atoms with E-state index < -0.39 is 5.91 Å². The Hall–Kier alpha value is -2.32. The third-order valence-corrected chi connectivity index (χ3v) is 4.13. The van der Waals surface area contributed by atoms with Crippen molar-refractivity contribution in [1.29, 1.82) is 0 Å². The molecule has 1 fully saturated rings. The molecule has 156 valence electrons. The molecule has 1 saturated heterocycles. The van der Waals surface area contributed by atoms with Crippen LogP contribution in [0.15, 0.2) is 29.3 Å². The second-order valence-electron chi connectivity index (χ2n) is 6.59. The molecule has 0 aliphatic carbocycles.